The number of nitrogens with one attached hydrogen (secondary N) is 1. The van der Waals surface area contributed by atoms with Crippen LogP contribution in [0.1, 0.15) is 24.1 Å². The first-order chi connectivity index (χ1) is 8.66. The second-order valence-electron chi connectivity index (χ2n) is 4.25. The normalized spacial score (nSPS) is 12.4. The van der Waals surface area contributed by atoms with Crippen LogP contribution in [-0.2, 0) is 6.54 Å². The summed E-state index contributed by atoms with van der Waals surface area (Å²) in [6, 6.07) is 14.9. The molecule has 0 saturated carbocycles. The Labute approximate surface area is 115 Å². The highest BCUT2D eigenvalue weighted by Crippen LogP contribution is 2.18. The minimum atomic E-state index is -0.197. The van der Waals surface area contributed by atoms with Crippen LogP contribution in [0.5, 0.6) is 0 Å². The van der Waals surface area contributed by atoms with E-state index in [0.29, 0.717) is 0 Å². The average molecular weight is 308 g/mol. The monoisotopic (exact) mass is 307 g/mol. The summed E-state index contributed by atoms with van der Waals surface area (Å²) < 4.78 is 13.9. The topological polar surface area (TPSA) is 12.0 Å². The molecule has 18 heavy (non-hydrogen) atoms. The first-order valence-electron chi connectivity index (χ1n) is 5.89. The van der Waals surface area contributed by atoms with E-state index in [4.69, 9.17) is 0 Å². The van der Waals surface area contributed by atoms with Crippen molar-refractivity contribution in [2.24, 2.45) is 0 Å². The van der Waals surface area contributed by atoms with E-state index in [1.54, 1.807) is 0 Å². The van der Waals surface area contributed by atoms with E-state index in [1.165, 1.54) is 17.7 Å². The van der Waals surface area contributed by atoms with Gasteiger partial charge in [-0.25, -0.2) is 4.39 Å². The highest BCUT2D eigenvalue weighted by atomic mass is 79.9. The van der Waals surface area contributed by atoms with Gasteiger partial charge in [0.25, 0.3) is 0 Å². The number of rotatable bonds is 4. The molecule has 2 aromatic rings. The lowest BCUT2D eigenvalue weighted by atomic mass is 10.1. The maximum Gasteiger partial charge on any atom is 0.123 e. The highest BCUT2D eigenvalue weighted by molar-refractivity contribution is 9.10. The predicted molar refractivity (Wildman–Crippen MR) is 75.8 cm³/mol. The molecule has 1 nitrogen and oxygen atoms in total. The largest absolute Gasteiger partial charge is 0.306 e. The third-order valence-electron chi connectivity index (χ3n) is 2.93. The van der Waals surface area contributed by atoms with Crippen molar-refractivity contribution in [1.82, 2.24) is 5.32 Å². The van der Waals surface area contributed by atoms with Gasteiger partial charge in [0.05, 0.1) is 0 Å². The first-order valence-corrected chi connectivity index (χ1v) is 6.68. The Balaban J connectivity index is 1.98. The minimum absolute atomic E-state index is 0.192. The van der Waals surface area contributed by atoms with Crippen molar-refractivity contribution in [1.29, 1.82) is 0 Å². The Morgan fingerprint density at radius 1 is 1.11 bits per heavy atom. The quantitative estimate of drug-likeness (QED) is 0.880. The van der Waals surface area contributed by atoms with Crippen molar-refractivity contribution >= 4 is 15.9 Å². The maximum absolute atomic E-state index is 12.8. The van der Waals surface area contributed by atoms with Crippen LogP contribution in [0, 0.1) is 5.82 Å². The Morgan fingerprint density at radius 3 is 2.44 bits per heavy atom. The van der Waals surface area contributed by atoms with Crippen molar-refractivity contribution in [2.45, 2.75) is 19.5 Å². The lowest BCUT2D eigenvalue weighted by molar-refractivity contribution is 0.570. The Morgan fingerprint density at radius 2 is 1.78 bits per heavy atom. The fraction of sp³-hybridized carbons (Fsp3) is 0.200. The van der Waals surface area contributed by atoms with E-state index in [-0.39, 0.29) is 11.9 Å². The van der Waals surface area contributed by atoms with Gasteiger partial charge in [-0.1, -0.05) is 46.3 Å². The van der Waals surface area contributed by atoms with E-state index < -0.39 is 0 Å². The summed E-state index contributed by atoms with van der Waals surface area (Å²) in [6.45, 7) is 2.85. The fourth-order valence-electron chi connectivity index (χ4n) is 1.77. The van der Waals surface area contributed by atoms with Crippen LogP contribution in [0.3, 0.4) is 0 Å². The highest BCUT2D eigenvalue weighted by Gasteiger charge is 2.06. The SMILES string of the molecule is CC(NCc1ccccc1Br)c1ccc(F)cc1. The molecular formula is C15H15BrFN. The van der Waals surface area contributed by atoms with Crippen LogP contribution in [-0.4, -0.2) is 0 Å². The van der Waals surface area contributed by atoms with Crippen LogP contribution < -0.4 is 5.32 Å². The average Bonchev–Trinajstić information content (AvgIpc) is 2.38. The van der Waals surface area contributed by atoms with Gasteiger partial charge in [-0.05, 0) is 36.2 Å². The van der Waals surface area contributed by atoms with E-state index in [1.807, 2.05) is 30.3 Å². The number of benzene rings is 2. The summed E-state index contributed by atoms with van der Waals surface area (Å²) >= 11 is 3.52. The lowest BCUT2D eigenvalue weighted by Crippen LogP contribution is -2.18. The number of hydrogen-bond donors (Lipinski definition) is 1. The molecule has 0 spiro atoms. The second-order valence-corrected chi connectivity index (χ2v) is 5.10. The van der Waals surface area contributed by atoms with Gasteiger partial charge >= 0.3 is 0 Å². The van der Waals surface area contributed by atoms with E-state index in [0.717, 1.165) is 16.6 Å². The fourth-order valence-corrected chi connectivity index (χ4v) is 2.20. The Bertz CT molecular complexity index is 510. The third-order valence-corrected chi connectivity index (χ3v) is 3.70. The van der Waals surface area contributed by atoms with Crippen LogP contribution in [0.2, 0.25) is 0 Å². The number of halogens is 2. The summed E-state index contributed by atoms with van der Waals surface area (Å²) in [5, 5.41) is 3.42. The molecule has 3 heteroatoms. The zero-order chi connectivity index (χ0) is 13.0. The molecule has 0 saturated heterocycles. The minimum Gasteiger partial charge on any atom is -0.306 e. The van der Waals surface area contributed by atoms with Crippen LogP contribution in [0.15, 0.2) is 53.0 Å². The van der Waals surface area contributed by atoms with E-state index in [2.05, 4.69) is 34.2 Å². The van der Waals surface area contributed by atoms with Crippen molar-refractivity contribution in [2.75, 3.05) is 0 Å². The van der Waals surface area contributed by atoms with Crippen LogP contribution in [0.25, 0.3) is 0 Å². The molecule has 1 unspecified atom stereocenters. The van der Waals surface area contributed by atoms with Crippen molar-refractivity contribution < 1.29 is 4.39 Å². The van der Waals surface area contributed by atoms with Crippen LogP contribution >= 0.6 is 15.9 Å². The molecular weight excluding hydrogens is 293 g/mol. The molecule has 0 fully saturated rings. The van der Waals surface area contributed by atoms with E-state index >= 15 is 0 Å². The predicted octanol–water partition coefficient (Wildman–Crippen LogP) is 4.44. The molecule has 2 aromatic carbocycles. The molecule has 0 aliphatic heterocycles. The summed E-state index contributed by atoms with van der Waals surface area (Å²) in [6.07, 6.45) is 0. The molecule has 0 aromatic heterocycles. The Hall–Kier alpha value is -1.19. The smallest absolute Gasteiger partial charge is 0.123 e. The van der Waals surface area contributed by atoms with Gasteiger partial charge in [0, 0.05) is 17.1 Å². The van der Waals surface area contributed by atoms with E-state index in [9.17, 15) is 4.39 Å². The van der Waals surface area contributed by atoms with Crippen molar-refractivity contribution in [3.63, 3.8) is 0 Å². The maximum atomic E-state index is 12.8. The summed E-state index contributed by atoms with van der Waals surface area (Å²) in [7, 11) is 0. The Kier molecular flexibility index (Phi) is 4.50. The van der Waals surface area contributed by atoms with Gasteiger partial charge in [0.2, 0.25) is 0 Å². The number of hydrogen-bond acceptors (Lipinski definition) is 1. The zero-order valence-electron chi connectivity index (χ0n) is 10.2. The first kappa shape index (κ1) is 13.2. The van der Waals surface area contributed by atoms with Gasteiger partial charge in [-0.3, -0.25) is 0 Å². The van der Waals surface area contributed by atoms with Crippen molar-refractivity contribution in [3.05, 3.63) is 69.9 Å². The lowest BCUT2D eigenvalue weighted by Gasteiger charge is -2.15. The van der Waals surface area contributed by atoms with Gasteiger partial charge in [0.15, 0.2) is 0 Å². The van der Waals surface area contributed by atoms with Crippen LogP contribution in [0.4, 0.5) is 4.39 Å². The summed E-state index contributed by atoms with van der Waals surface area (Å²) in [4.78, 5) is 0. The molecule has 1 N–H and O–H groups in total. The molecule has 0 radical (unpaired) electrons. The third kappa shape index (κ3) is 3.40. The zero-order valence-corrected chi connectivity index (χ0v) is 11.7. The molecule has 0 aliphatic rings. The molecule has 0 aliphatic carbocycles. The molecule has 1 atom stereocenters. The van der Waals surface area contributed by atoms with Crippen molar-refractivity contribution in [3.8, 4) is 0 Å². The summed E-state index contributed by atoms with van der Waals surface area (Å²) in [5.74, 6) is -0.197. The summed E-state index contributed by atoms with van der Waals surface area (Å²) in [5.41, 5.74) is 2.30. The molecule has 2 rings (SSSR count). The second kappa shape index (κ2) is 6.12. The molecule has 0 heterocycles. The van der Waals surface area contributed by atoms with Gasteiger partial charge in [0.1, 0.15) is 5.82 Å². The molecule has 0 bridgehead atoms. The molecule has 0 amide bonds. The standard InChI is InChI=1S/C15H15BrFN/c1-11(12-6-8-14(17)9-7-12)18-10-13-4-2-3-5-15(13)16/h2-9,11,18H,10H2,1H3. The van der Waals surface area contributed by atoms with Gasteiger partial charge < -0.3 is 5.32 Å². The van der Waals surface area contributed by atoms with Gasteiger partial charge in [-0.15, -0.1) is 0 Å². The van der Waals surface area contributed by atoms with Gasteiger partial charge in [-0.2, -0.15) is 0 Å². The molecule has 94 valence electrons.